The van der Waals surface area contributed by atoms with Gasteiger partial charge in [-0.3, -0.25) is 4.79 Å². The highest BCUT2D eigenvalue weighted by atomic mass is 32.2. The second-order valence-corrected chi connectivity index (χ2v) is 7.18. The maximum absolute atomic E-state index is 12.1. The molecule has 6 nitrogen and oxygen atoms in total. The first kappa shape index (κ1) is 17.2. The lowest BCUT2D eigenvalue weighted by atomic mass is 10.1. The van der Waals surface area contributed by atoms with Crippen molar-refractivity contribution >= 4 is 21.7 Å². The van der Waals surface area contributed by atoms with E-state index >= 15 is 0 Å². The van der Waals surface area contributed by atoms with Crippen molar-refractivity contribution in [1.82, 2.24) is 5.32 Å². The van der Waals surface area contributed by atoms with Crippen LogP contribution < -0.4 is 5.32 Å². The van der Waals surface area contributed by atoms with Crippen LogP contribution in [-0.4, -0.2) is 37.2 Å². The number of hydrogen-bond donors (Lipinski definition) is 2. The van der Waals surface area contributed by atoms with Crippen molar-refractivity contribution in [3.63, 3.8) is 0 Å². The van der Waals surface area contributed by atoms with Gasteiger partial charge in [-0.2, -0.15) is 0 Å². The first-order valence-corrected chi connectivity index (χ1v) is 8.14. The van der Waals surface area contributed by atoms with Crippen molar-refractivity contribution in [2.24, 2.45) is 5.92 Å². The van der Waals surface area contributed by atoms with Crippen molar-refractivity contribution in [3.8, 4) is 0 Å². The summed E-state index contributed by atoms with van der Waals surface area (Å²) in [5.41, 5.74) is -0.132. The molecule has 0 bridgehead atoms. The number of nitrogens with one attached hydrogen (secondary N) is 1. The molecule has 21 heavy (non-hydrogen) atoms. The summed E-state index contributed by atoms with van der Waals surface area (Å²) in [6.07, 6.45) is 0. The molecule has 7 heteroatoms. The Kier molecular flexibility index (Phi) is 5.48. The van der Waals surface area contributed by atoms with Crippen LogP contribution in [0.25, 0.3) is 0 Å². The lowest BCUT2D eigenvalue weighted by Gasteiger charge is -2.17. The molecule has 0 aliphatic rings. The number of amides is 1. The van der Waals surface area contributed by atoms with Gasteiger partial charge in [0.1, 0.15) is 5.75 Å². The van der Waals surface area contributed by atoms with Crippen LogP contribution in [0.15, 0.2) is 29.2 Å². The number of hydrogen-bond acceptors (Lipinski definition) is 4. The first-order valence-electron chi connectivity index (χ1n) is 6.49. The molecule has 1 rings (SSSR count). The van der Waals surface area contributed by atoms with E-state index in [1.807, 2.05) is 13.8 Å². The Balaban J connectivity index is 2.89. The zero-order chi connectivity index (χ0) is 16.2. The second-order valence-electron chi connectivity index (χ2n) is 5.19. The predicted molar refractivity (Wildman–Crippen MR) is 77.9 cm³/mol. The largest absolute Gasteiger partial charge is 0.478 e. The standard InChI is InChI=1S/C14H19NO5S/c1-9(2)10(3)15-13(16)8-21(19,20)12-6-4-5-11(7-12)14(17)18/h4-7,9-10H,8H2,1-3H3,(H,15,16)(H,17,18). The highest BCUT2D eigenvalue weighted by Gasteiger charge is 2.22. The van der Waals surface area contributed by atoms with Gasteiger partial charge < -0.3 is 10.4 Å². The van der Waals surface area contributed by atoms with Gasteiger partial charge in [0.05, 0.1) is 10.5 Å². The number of carboxylic acid groups (broad SMARTS) is 1. The summed E-state index contributed by atoms with van der Waals surface area (Å²) >= 11 is 0. The third-order valence-electron chi connectivity index (χ3n) is 3.15. The maximum Gasteiger partial charge on any atom is 0.335 e. The highest BCUT2D eigenvalue weighted by Crippen LogP contribution is 2.13. The summed E-state index contributed by atoms with van der Waals surface area (Å²) in [7, 11) is -3.86. The Hall–Kier alpha value is -1.89. The van der Waals surface area contributed by atoms with Crippen LogP contribution in [0, 0.1) is 5.92 Å². The van der Waals surface area contributed by atoms with Crippen LogP contribution in [0.3, 0.4) is 0 Å². The minimum atomic E-state index is -3.86. The minimum absolute atomic E-state index is 0.132. The van der Waals surface area contributed by atoms with Crippen molar-refractivity contribution in [3.05, 3.63) is 29.8 Å². The molecule has 0 radical (unpaired) electrons. The van der Waals surface area contributed by atoms with Gasteiger partial charge in [-0.1, -0.05) is 19.9 Å². The molecule has 1 atom stereocenters. The maximum atomic E-state index is 12.1. The monoisotopic (exact) mass is 313 g/mol. The molecule has 0 saturated heterocycles. The van der Waals surface area contributed by atoms with Crippen molar-refractivity contribution in [1.29, 1.82) is 0 Å². The van der Waals surface area contributed by atoms with Crippen molar-refractivity contribution in [2.45, 2.75) is 31.7 Å². The summed E-state index contributed by atoms with van der Waals surface area (Å²) < 4.78 is 24.2. The van der Waals surface area contributed by atoms with Crippen molar-refractivity contribution in [2.75, 3.05) is 5.75 Å². The molecule has 0 saturated carbocycles. The number of carbonyl (C=O) groups excluding carboxylic acids is 1. The number of sulfone groups is 1. The molecule has 0 aromatic heterocycles. The normalized spacial score (nSPS) is 13.0. The van der Waals surface area contributed by atoms with E-state index in [-0.39, 0.29) is 22.4 Å². The molecule has 0 fully saturated rings. The molecule has 0 spiro atoms. The Morgan fingerprint density at radius 2 is 1.86 bits per heavy atom. The van der Waals surface area contributed by atoms with E-state index < -0.39 is 27.5 Å². The van der Waals surface area contributed by atoms with Crippen LogP contribution in [0.2, 0.25) is 0 Å². The van der Waals surface area contributed by atoms with E-state index in [0.717, 1.165) is 6.07 Å². The van der Waals surface area contributed by atoms with Crippen LogP contribution in [-0.2, 0) is 14.6 Å². The highest BCUT2D eigenvalue weighted by molar-refractivity contribution is 7.92. The molecule has 1 amide bonds. The molecule has 1 aromatic rings. The fourth-order valence-corrected chi connectivity index (χ4v) is 2.73. The third kappa shape index (κ3) is 4.86. The Morgan fingerprint density at radius 3 is 2.38 bits per heavy atom. The smallest absolute Gasteiger partial charge is 0.335 e. The molecule has 1 aromatic carbocycles. The zero-order valence-corrected chi connectivity index (χ0v) is 13.0. The second kappa shape index (κ2) is 6.71. The number of aromatic carboxylic acids is 1. The number of carboxylic acids is 1. The van der Waals surface area contributed by atoms with Gasteiger partial charge in [-0.15, -0.1) is 0 Å². The van der Waals surface area contributed by atoms with Crippen LogP contribution in [0.5, 0.6) is 0 Å². The minimum Gasteiger partial charge on any atom is -0.478 e. The van der Waals surface area contributed by atoms with Gasteiger partial charge >= 0.3 is 5.97 Å². The van der Waals surface area contributed by atoms with E-state index in [0.29, 0.717) is 0 Å². The van der Waals surface area contributed by atoms with Gasteiger partial charge in [0.2, 0.25) is 5.91 Å². The topological polar surface area (TPSA) is 101 Å². The predicted octanol–water partition coefficient (Wildman–Crippen LogP) is 1.32. The number of benzene rings is 1. The third-order valence-corrected chi connectivity index (χ3v) is 4.76. The Labute approximate surface area is 124 Å². The van der Waals surface area contributed by atoms with Gasteiger partial charge in [-0.25, -0.2) is 13.2 Å². The number of carbonyl (C=O) groups is 2. The lowest BCUT2D eigenvalue weighted by molar-refractivity contribution is -0.119. The fourth-order valence-electron chi connectivity index (χ4n) is 1.54. The Bertz CT molecular complexity index is 637. The average molecular weight is 313 g/mol. The summed E-state index contributed by atoms with van der Waals surface area (Å²) in [6.45, 7) is 5.62. The van der Waals surface area contributed by atoms with Gasteiger partial charge in [0.25, 0.3) is 0 Å². The molecule has 0 heterocycles. The quantitative estimate of drug-likeness (QED) is 0.825. The van der Waals surface area contributed by atoms with E-state index in [2.05, 4.69) is 5.32 Å². The molecular weight excluding hydrogens is 294 g/mol. The molecule has 116 valence electrons. The van der Waals surface area contributed by atoms with Gasteiger partial charge in [0.15, 0.2) is 9.84 Å². The van der Waals surface area contributed by atoms with E-state index in [1.165, 1.54) is 18.2 Å². The van der Waals surface area contributed by atoms with Gasteiger partial charge in [-0.05, 0) is 31.0 Å². The summed E-state index contributed by atoms with van der Waals surface area (Å²) in [5.74, 6) is -2.33. The zero-order valence-electron chi connectivity index (χ0n) is 12.2. The molecule has 0 aliphatic carbocycles. The van der Waals surface area contributed by atoms with E-state index in [4.69, 9.17) is 5.11 Å². The molecule has 2 N–H and O–H groups in total. The average Bonchev–Trinajstić information content (AvgIpc) is 2.37. The summed E-state index contributed by atoms with van der Waals surface area (Å²) in [4.78, 5) is 22.4. The van der Waals surface area contributed by atoms with Gasteiger partial charge in [0, 0.05) is 6.04 Å². The van der Waals surface area contributed by atoms with Crippen LogP contribution in [0.1, 0.15) is 31.1 Å². The summed E-state index contributed by atoms with van der Waals surface area (Å²) in [6, 6.07) is 4.82. The Morgan fingerprint density at radius 1 is 1.24 bits per heavy atom. The summed E-state index contributed by atoms with van der Waals surface area (Å²) in [5, 5.41) is 11.5. The number of rotatable bonds is 6. The van der Waals surface area contributed by atoms with Crippen LogP contribution in [0.4, 0.5) is 0 Å². The van der Waals surface area contributed by atoms with E-state index in [9.17, 15) is 18.0 Å². The van der Waals surface area contributed by atoms with E-state index in [1.54, 1.807) is 6.92 Å². The molecule has 1 unspecified atom stereocenters. The van der Waals surface area contributed by atoms with Crippen LogP contribution >= 0.6 is 0 Å². The SMILES string of the molecule is CC(C)C(C)NC(=O)CS(=O)(=O)c1cccc(C(=O)O)c1. The fraction of sp³-hybridized carbons (Fsp3) is 0.429. The molecule has 0 aliphatic heterocycles. The lowest BCUT2D eigenvalue weighted by Crippen LogP contribution is -2.39. The molecular formula is C14H19NO5S. The van der Waals surface area contributed by atoms with Crippen molar-refractivity contribution < 1.29 is 23.1 Å². The first-order chi connectivity index (χ1) is 9.63.